The molecule has 0 aliphatic carbocycles. The molecule has 1 N–H and O–H groups in total. The van der Waals surface area contributed by atoms with E-state index < -0.39 is 12.0 Å². The molecule has 0 aromatic heterocycles. The third-order valence-corrected chi connectivity index (χ3v) is 4.26. The third-order valence-electron chi connectivity index (χ3n) is 4.26. The molecule has 0 aliphatic rings. The second-order valence-electron chi connectivity index (χ2n) is 6.34. The zero-order chi connectivity index (χ0) is 21.2. The molecule has 0 radical (unpaired) electrons. The Balaban J connectivity index is 1.59. The van der Waals surface area contributed by atoms with Gasteiger partial charge in [-0.15, -0.1) is 0 Å². The smallest absolute Gasteiger partial charge is 0.333 e. The number of benzene rings is 3. The zero-order valence-corrected chi connectivity index (χ0v) is 16.2. The van der Waals surface area contributed by atoms with Gasteiger partial charge in [0.05, 0.1) is 11.6 Å². The highest BCUT2D eigenvalue weighted by Crippen LogP contribution is 2.16. The predicted octanol–water partition coefficient (Wildman–Crippen LogP) is 3.65. The van der Waals surface area contributed by atoms with Crippen LogP contribution in [0.25, 0.3) is 0 Å². The Kier molecular flexibility index (Phi) is 7.17. The first-order valence-corrected chi connectivity index (χ1v) is 9.38. The van der Waals surface area contributed by atoms with Crippen LogP contribution in [0.2, 0.25) is 0 Å². The van der Waals surface area contributed by atoms with Crippen molar-refractivity contribution < 1.29 is 19.1 Å². The molecule has 0 spiro atoms. The lowest BCUT2D eigenvalue weighted by Gasteiger charge is -2.18. The quantitative estimate of drug-likeness (QED) is 0.461. The van der Waals surface area contributed by atoms with E-state index in [0.717, 1.165) is 0 Å². The van der Waals surface area contributed by atoms with Crippen LogP contribution in [-0.4, -0.2) is 25.1 Å². The summed E-state index contributed by atoms with van der Waals surface area (Å²) in [5.74, 6) is -0.369. The van der Waals surface area contributed by atoms with Crippen molar-refractivity contribution in [2.24, 2.45) is 0 Å². The first-order valence-electron chi connectivity index (χ1n) is 9.38. The summed E-state index contributed by atoms with van der Waals surface area (Å²) < 4.78 is 10.8. The van der Waals surface area contributed by atoms with Crippen LogP contribution in [0.1, 0.15) is 27.5 Å². The Hall–Kier alpha value is -4.11. The molecule has 1 atom stereocenters. The van der Waals surface area contributed by atoms with Crippen molar-refractivity contribution in [2.45, 2.75) is 6.04 Å². The molecule has 6 nitrogen and oxygen atoms in total. The number of hydrogen-bond donors (Lipinski definition) is 1. The number of nitrogens with one attached hydrogen (secondary N) is 1. The van der Waals surface area contributed by atoms with E-state index in [-0.39, 0.29) is 19.1 Å². The molecule has 3 aromatic rings. The normalized spacial score (nSPS) is 11.0. The molecular formula is C24H20N2O4. The number of carbonyl (C=O) groups excluding carboxylic acids is 2. The summed E-state index contributed by atoms with van der Waals surface area (Å²) in [5.41, 5.74) is 1.61. The maximum atomic E-state index is 12.7. The van der Waals surface area contributed by atoms with E-state index in [1.165, 1.54) is 0 Å². The van der Waals surface area contributed by atoms with Gasteiger partial charge < -0.3 is 14.8 Å². The van der Waals surface area contributed by atoms with Crippen LogP contribution < -0.4 is 10.1 Å². The van der Waals surface area contributed by atoms with Gasteiger partial charge in [-0.1, -0.05) is 48.5 Å². The van der Waals surface area contributed by atoms with Gasteiger partial charge in [-0.2, -0.15) is 5.26 Å². The maximum absolute atomic E-state index is 12.7. The zero-order valence-electron chi connectivity index (χ0n) is 16.2. The van der Waals surface area contributed by atoms with Gasteiger partial charge in [0.15, 0.2) is 6.04 Å². The minimum Gasteiger partial charge on any atom is -0.490 e. The summed E-state index contributed by atoms with van der Waals surface area (Å²) in [7, 11) is 0. The summed E-state index contributed by atoms with van der Waals surface area (Å²) in [6.45, 7) is 0.162. The molecule has 6 heteroatoms. The van der Waals surface area contributed by atoms with Gasteiger partial charge >= 0.3 is 5.97 Å². The van der Waals surface area contributed by atoms with Gasteiger partial charge in [0.25, 0.3) is 5.91 Å². The molecule has 3 aromatic carbocycles. The Morgan fingerprint density at radius 3 is 2.13 bits per heavy atom. The van der Waals surface area contributed by atoms with Gasteiger partial charge in [0, 0.05) is 5.56 Å². The number of hydrogen-bond acceptors (Lipinski definition) is 5. The molecule has 0 fully saturated rings. The number of esters is 1. The summed E-state index contributed by atoms with van der Waals surface area (Å²) >= 11 is 0. The average molecular weight is 400 g/mol. The third kappa shape index (κ3) is 5.69. The monoisotopic (exact) mass is 400 g/mol. The van der Waals surface area contributed by atoms with E-state index in [4.69, 9.17) is 14.7 Å². The van der Waals surface area contributed by atoms with Crippen LogP contribution >= 0.6 is 0 Å². The van der Waals surface area contributed by atoms with Crippen LogP contribution in [-0.2, 0) is 9.53 Å². The topological polar surface area (TPSA) is 88.4 Å². The molecule has 0 bridgehead atoms. The van der Waals surface area contributed by atoms with Crippen molar-refractivity contribution in [1.82, 2.24) is 5.32 Å². The second kappa shape index (κ2) is 10.4. The molecule has 1 amide bonds. The first kappa shape index (κ1) is 20.6. The Morgan fingerprint density at radius 1 is 0.867 bits per heavy atom. The SMILES string of the molecule is N#Cc1ccc(OCCOC(=O)C(NC(=O)c2ccccc2)c2ccccc2)cc1. The molecule has 0 saturated heterocycles. The summed E-state index contributed by atoms with van der Waals surface area (Å²) in [6.07, 6.45) is 0. The molecule has 0 heterocycles. The van der Waals surface area contributed by atoms with E-state index in [2.05, 4.69) is 5.32 Å². The molecule has 1 unspecified atom stereocenters. The fourth-order valence-corrected chi connectivity index (χ4v) is 2.74. The largest absolute Gasteiger partial charge is 0.490 e. The van der Waals surface area contributed by atoms with Crippen molar-refractivity contribution >= 4 is 11.9 Å². The van der Waals surface area contributed by atoms with Crippen molar-refractivity contribution in [3.8, 4) is 11.8 Å². The van der Waals surface area contributed by atoms with Gasteiger partial charge in [0.1, 0.15) is 19.0 Å². The Labute approximate surface area is 174 Å². The number of ether oxygens (including phenoxy) is 2. The first-order chi connectivity index (χ1) is 14.7. The van der Waals surface area contributed by atoms with E-state index in [9.17, 15) is 9.59 Å². The molecule has 0 aliphatic heterocycles. The van der Waals surface area contributed by atoms with Crippen LogP contribution in [0.3, 0.4) is 0 Å². The number of amides is 1. The van der Waals surface area contributed by atoms with E-state index >= 15 is 0 Å². The Bertz CT molecular complexity index is 1010. The molecule has 150 valence electrons. The van der Waals surface area contributed by atoms with Crippen molar-refractivity contribution in [1.29, 1.82) is 5.26 Å². The summed E-state index contributed by atoms with van der Waals surface area (Å²) in [4.78, 5) is 25.2. The minimum atomic E-state index is -0.936. The van der Waals surface area contributed by atoms with E-state index in [1.54, 1.807) is 72.8 Å². The standard InChI is InChI=1S/C24H20N2O4/c25-17-18-11-13-21(14-12-18)29-15-16-30-24(28)22(19-7-3-1-4-8-19)26-23(27)20-9-5-2-6-10-20/h1-14,22H,15-16H2,(H,26,27). The maximum Gasteiger partial charge on any atom is 0.333 e. The number of rotatable bonds is 8. The predicted molar refractivity (Wildman–Crippen MR) is 111 cm³/mol. The highest BCUT2D eigenvalue weighted by Gasteiger charge is 2.24. The second-order valence-corrected chi connectivity index (χ2v) is 6.34. The molecule has 0 saturated carbocycles. The lowest BCUT2D eigenvalue weighted by Crippen LogP contribution is -2.35. The van der Waals surface area contributed by atoms with Crippen LogP contribution in [0, 0.1) is 11.3 Å². The molecular weight excluding hydrogens is 380 g/mol. The van der Waals surface area contributed by atoms with Crippen LogP contribution in [0.5, 0.6) is 5.75 Å². The van der Waals surface area contributed by atoms with Gasteiger partial charge in [-0.3, -0.25) is 4.79 Å². The van der Waals surface area contributed by atoms with Crippen LogP contribution in [0.4, 0.5) is 0 Å². The number of nitriles is 1. The average Bonchev–Trinajstić information content (AvgIpc) is 2.81. The molecule has 30 heavy (non-hydrogen) atoms. The number of nitrogens with zero attached hydrogens (tertiary/aromatic N) is 1. The summed E-state index contributed by atoms with van der Waals surface area (Å²) in [5, 5.41) is 11.5. The van der Waals surface area contributed by atoms with Gasteiger partial charge in [-0.25, -0.2) is 4.79 Å². The lowest BCUT2D eigenvalue weighted by molar-refractivity contribution is -0.146. The number of carbonyl (C=O) groups is 2. The van der Waals surface area contributed by atoms with Crippen molar-refractivity contribution in [3.63, 3.8) is 0 Å². The van der Waals surface area contributed by atoms with Crippen LogP contribution in [0.15, 0.2) is 84.9 Å². The minimum absolute atomic E-state index is 0.0172. The fraction of sp³-hybridized carbons (Fsp3) is 0.125. The van der Waals surface area contributed by atoms with Crippen molar-refractivity contribution in [3.05, 3.63) is 102 Å². The van der Waals surface area contributed by atoms with Crippen molar-refractivity contribution in [2.75, 3.05) is 13.2 Å². The fourth-order valence-electron chi connectivity index (χ4n) is 2.74. The van der Waals surface area contributed by atoms with Gasteiger partial charge in [0.2, 0.25) is 0 Å². The molecule has 3 rings (SSSR count). The Morgan fingerprint density at radius 2 is 1.50 bits per heavy atom. The summed E-state index contributed by atoms with van der Waals surface area (Å²) in [6, 6.07) is 25.3. The van der Waals surface area contributed by atoms with E-state index in [1.807, 2.05) is 18.2 Å². The van der Waals surface area contributed by atoms with E-state index in [0.29, 0.717) is 22.4 Å². The van der Waals surface area contributed by atoms with Gasteiger partial charge in [-0.05, 0) is 42.0 Å². The highest BCUT2D eigenvalue weighted by molar-refractivity contribution is 5.97. The lowest BCUT2D eigenvalue weighted by atomic mass is 10.1. The highest BCUT2D eigenvalue weighted by atomic mass is 16.6.